The van der Waals surface area contributed by atoms with E-state index in [0.717, 1.165) is 63.5 Å². The van der Waals surface area contributed by atoms with E-state index in [0.29, 0.717) is 0 Å². The van der Waals surface area contributed by atoms with Crippen LogP contribution < -0.4 is 5.32 Å². The number of benzene rings is 1. The number of likely N-dealkylation sites (tertiary alicyclic amines) is 1. The monoisotopic (exact) mass is 375 g/mol. The normalized spacial score (nSPS) is 19.8. The van der Waals surface area contributed by atoms with Crippen LogP contribution in [0.5, 0.6) is 0 Å². The third kappa shape index (κ3) is 3.87. The maximum atomic E-state index is 12.6. The summed E-state index contributed by atoms with van der Waals surface area (Å²) in [5.74, 6) is 0. The Bertz CT molecular complexity index is 778. The molecule has 2 aromatic rings. The maximum Gasteiger partial charge on any atom is 0.433 e. The van der Waals surface area contributed by atoms with Crippen LogP contribution >= 0.6 is 0 Å². The van der Waals surface area contributed by atoms with Gasteiger partial charge in [-0.15, -0.1) is 0 Å². The summed E-state index contributed by atoms with van der Waals surface area (Å²) in [6.45, 7) is 3.86. The van der Waals surface area contributed by atoms with Gasteiger partial charge in [0.1, 0.15) is 5.69 Å². The van der Waals surface area contributed by atoms with Crippen LogP contribution in [0.25, 0.3) is 0 Å². The lowest BCUT2D eigenvalue weighted by molar-refractivity contribution is -0.141. The molecule has 144 valence electrons. The first-order valence-corrected chi connectivity index (χ1v) is 9.54. The first-order chi connectivity index (χ1) is 13.0. The van der Waals surface area contributed by atoms with Crippen molar-refractivity contribution in [3.05, 3.63) is 65.0 Å². The van der Waals surface area contributed by atoms with Crippen LogP contribution in [0, 0.1) is 0 Å². The Morgan fingerprint density at radius 1 is 1.07 bits per heavy atom. The van der Waals surface area contributed by atoms with E-state index in [1.54, 1.807) is 6.07 Å². The molecule has 27 heavy (non-hydrogen) atoms. The fourth-order valence-corrected chi connectivity index (χ4v) is 4.37. The van der Waals surface area contributed by atoms with E-state index in [2.05, 4.69) is 39.5 Å². The SMILES string of the molecule is FC(F)(F)c1ccc(CCN2CCC3(CC2)NCCc2ccccc23)cn1. The Kier molecular flexibility index (Phi) is 4.95. The second kappa shape index (κ2) is 7.24. The number of hydrogen-bond acceptors (Lipinski definition) is 3. The van der Waals surface area contributed by atoms with E-state index < -0.39 is 11.9 Å². The summed E-state index contributed by atoms with van der Waals surface area (Å²) in [6, 6.07) is 11.3. The Balaban J connectivity index is 1.34. The van der Waals surface area contributed by atoms with Crippen LogP contribution in [0.4, 0.5) is 13.2 Å². The number of nitrogens with one attached hydrogen (secondary N) is 1. The molecule has 0 saturated carbocycles. The molecule has 1 saturated heterocycles. The molecular formula is C21H24F3N3. The lowest BCUT2D eigenvalue weighted by atomic mass is 9.76. The van der Waals surface area contributed by atoms with Crippen LogP contribution in [0.2, 0.25) is 0 Å². The minimum absolute atomic E-state index is 0.0846. The van der Waals surface area contributed by atoms with Gasteiger partial charge in [0.25, 0.3) is 0 Å². The predicted octanol–water partition coefficient (Wildman–Crippen LogP) is 3.78. The Morgan fingerprint density at radius 2 is 1.85 bits per heavy atom. The smallest absolute Gasteiger partial charge is 0.307 e. The maximum absolute atomic E-state index is 12.6. The molecule has 0 radical (unpaired) electrons. The highest BCUT2D eigenvalue weighted by atomic mass is 19.4. The number of piperidine rings is 1. The molecule has 3 heterocycles. The van der Waals surface area contributed by atoms with Crippen molar-refractivity contribution in [3.8, 4) is 0 Å². The third-order valence-corrected chi connectivity index (χ3v) is 5.93. The van der Waals surface area contributed by atoms with Crippen molar-refractivity contribution in [2.75, 3.05) is 26.2 Å². The highest BCUT2D eigenvalue weighted by molar-refractivity contribution is 5.37. The summed E-state index contributed by atoms with van der Waals surface area (Å²) in [5, 5.41) is 3.76. The van der Waals surface area contributed by atoms with Gasteiger partial charge in [0.05, 0.1) is 0 Å². The Morgan fingerprint density at radius 3 is 2.56 bits per heavy atom. The number of nitrogens with zero attached hydrogens (tertiary/aromatic N) is 2. The highest BCUT2D eigenvalue weighted by Gasteiger charge is 2.38. The highest BCUT2D eigenvalue weighted by Crippen LogP contribution is 2.37. The first-order valence-electron chi connectivity index (χ1n) is 9.54. The van der Waals surface area contributed by atoms with E-state index in [4.69, 9.17) is 0 Å². The zero-order chi connectivity index (χ0) is 18.9. The fourth-order valence-electron chi connectivity index (χ4n) is 4.37. The number of alkyl halides is 3. The number of halogens is 3. The topological polar surface area (TPSA) is 28.2 Å². The van der Waals surface area contributed by atoms with Gasteiger partial charge in [-0.25, -0.2) is 0 Å². The van der Waals surface area contributed by atoms with E-state index in [-0.39, 0.29) is 5.54 Å². The van der Waals surface area contributed by atoms with Crippen molar-refractivity contribution in [2.45, 2.75) is 37.4 Å². The van der Waals surface area contributed by atoms with Crippen molar-refractivity contribution < 1.29 is 13.2 Å². The van der Waals surface area contributed by atoms with Crippen LogP contribution in [0.15, 0.2) is 42.6 Å². The van der Waals surface area contributed by atoms with Gasteiger partial charge < -0.3 is 10.2 Å². The average Bonchev–Trinajstić information content (AvgIpc) is 2.68. The largest absolute Gasteiger partial charge is 0.433 e. The number of hydrogen-bond donors (Lipinski definition) is 1. The number of aromatic nitrogens is 1. The van der Waals surface area contributed by atoms with Crippen molar-refractivity contribution in [2.24, 2.45) is 0 Å². The van der Waals surface area contributed by atoms with E-state index in [1.807, 2.05) is 0 Å². The van der Waals surface area contributed by atoms with Crippen molar-refractivity contribution >= 4 is 0 Å². The third-order valence-electron chi connectivity index (χ3n) is 5.93. The molecule has 0 unspecified atom stereocenters. The zero-order valence-electron chi connectivity index (χ0n) is 15.2. The summed E-state index contributed by atoms with van der Waals surface area (Å²) in [5.41, 5.74) is 3.02. The van der Waals surface area contributed by atoms with Gasteiger partial charge in [-0.05, 0) is 48.4 Å². The molecule has 3 nitrogen and oxygen atoms in total. The molecule has 4 rings (SSSR count). The molecule has 1 fully saturated rings. The van der Waals surface area contributed by atoms with Crippen LogP contribution in [0.3, 0.4) is 0 Å². The number of fused-ring (bicyclic) bond motifs is 2. The van der Waals surface area contributed by atoms with Gasteiger partial charge in [0, 0.05) is 37.9 Å². The molecule has 2 aliphatic rings. The lowest BCUT2D eigenvalue weighted by Crippen LogP contribution is -2.54. The van der Waals surface area contributed by atoms with Gasteiger partial charge in [-0.2, -0.15) is 13.2 Å². The molecule has 1 spiro atoms. The second-order valence-electron chi connectivity index (χ2n) is 7.56. The molecule has 0 aliphatic carbocycles. The van der Waals surface area contributed by atoms with Gasteiger partial charge >= 0.3 is 6.18 Å². The molecule has 1 aromatic heterocycles. The minimum atomic E-state index is -4.37. The molecule has 0 bridgehead atoms. The fraction of sp³-hybridized carbons (Fsp3) is 0.476. The summed E-state index contributed by atoms with van der Waals surface area (Å²) in [7, 11) is 0. The van der Waals surface area contributed by atoms with Crippen molar-refractivity contribution in [3.63, 3.8) is 0 Å². The van der Waals surface area contributed by atoms with E-state index in [9.17, 15) is 13.2 Å². The average molecular weight is 375 g/mol. The molecular weight excluding hydrogens is 351 g/mol. The summed E-state index contributed by atoms with van der Waals surface area (Å²) in [4.78, 5) is 5.96. The Labute approximate surface area is 157 Å². The lowest BCUT2D eigenvalue weighted by Gasteiger charge is -2.46. The van der Waals surface area contributed by atoms with E-state index >= 15 is 0 Å². The van der Waals surface area contributed by atoms with Crippen LogP contribution in [-0.4, -0.2) is 36.1 Å². The molecule has 1 aromatic carbocycles. The first kappa shape index (κ1) is 18.4. The van der Waals surface area contributed by atoms with Gasteiger partial charge in [0.15, 0.2) is 0 Å². The van der Waals surface area contributed by atoms with Gasteiger partial charge in [-0.1, -0.05) is 30.3 Å². The predicted molar refractivity (Wildman–Crippen MR) is 98.4 cm³/mol. The molecule has 1 N–H and O–H groups in total. The minimum Gasteiger partial charge on any atom is -0.307 e. The van der Waals surface area contributed by atoms with Gasteiger partial charge in [-0.3, -0.25) is 4.98 Å². The molecule has 2 aliphatic heterocycles. The van der Waals surface area contributed by atoms with Gasteiger partial charge in [0.2, 0.25) is 0 Å². The standard InChI is InChI=1S/C21H24F3N3/c22-21(23,24)19-6-5-16(15-25-19)8-12-27-13-9-20(10-14-27)18-4-2-1-3-17(18)7-11-26-20/h1-6,15,26H,7-14H2. The Hall–Kier alpha value is -1.92. The molecule has 6 heteroatoms. The van der Waals surface area contributed by atoms with Crippen molar-refractivity contribution in [1.82, 2.24) is 15.2 Å². The second-order valence-corrected chi connectivity index (χ2v) is 7.56. The number of pyridine rings is 1. The summed E-state index contributed by atoms with van der Waals surface area (Å²) < 4.78 is 37.8. The van der Waals surface area contributed by atoms with Crippen LogP contribution in [-0.2, 0) is 24.6 Å². The quantitative estimate of drug-likeness (QED) is 0.885. The zero-order valence-corrected chi connectivity index (χ0v) is 15.2. The number of rotatable bonds is 3. The summed E-state index contributed by atoms with van der Waals surface area (Å²) >= 11 is 0. The molecule has 0 atom stereocenters. The molecule has 0 amide bonds. The summed E-state index contributed by atoms with van der Waals surface area (Å²) in [6.07, 6.45) is 0.922. The van der Waals surface area contributed by atoms with Crippen LogP contribution in [0.1, 0.15) is 35.2 Å². The van der Waals surface area contributed by atoms with Crippen molar-refractivity contribution in [1.29, 1.82) is 0 Å². The van der Waals surface area contributed by atoms with E-state index in [1.165, 1.54) is 17.3 Å².